The predicted molar refractivity (Wildman–Crippen MR) is 78.4 cm³/mol. The van der Waals surface area contributed by atoms with Crippen molar-refractivity contribution in [3.8, 4) is 0 Å². The zero-order valence-electron chi connectivity index (χ0n) is 13.5. The molecule has 4 nitrogen and oxygen atoms in total. The minimum Gasteiger partial charge on any atom is -0.481 e. The molecule has 0 radical (unpaired) electrons. The molecular formula is C16H17F6NO3. The van der Waals surface area contributed by atoms with Crippen LogP contribution in [0.15, 0.2) is 24.3 Å². The van der Waals surface area contributed by atoms with Crippen LogP contribution in [0.1, 0.15) is 23.7 Å². The van der Waals surface area contributed by atoms with E-state index in [-0.39, 0.29) is 25.3 Å². The topological polar surface area (TPSA) is 49.8 Å². The number of carboxylic acids is 1. The third kappa shape index (κ3) is 5.60. The Morgan fingerprint density at radius 3 is 2.54 bits per heavy atom. The number of rotatable bonds is 5. The molecule has 1 N–H and O–H groups in total. The maximum absolute atomic E-state index is 13.0. The molecule has 1 aromatic rings. The van der Waals surface area contributed by atoms with E-state index in [0.717, 1.165) is 12.1 Å². The highest BCUT2D eigenvalue weighted by Crippen LogP contribution is 2.34. The summed E-state index contributed by atoms with van der Waals surface area (Å²) in [7, 11) is 0. The molecule has 26 heavy (non-hydrogen) atoms. The largest absolute Gasteiger partial charge is 0.481 e. The van der Waals surface area contributed by atoms with Crippen molar-refractivity contribution in [3.63, 3.8) is 0 Å². The highest BCUT2D eigenvalue weighted by atomic mass is 19.4. The van der Waals surface area contributed by atoms with Gasteiger partial charge >= 0.3 is 18.3 Å². The maximum atomic E-state index is 13.0. The Kier molecular flexibility index (Phi) is 6.17. The van der Waals surface area contributed by atoms with Gasteiger partial charge in [0.1, 0.15) is 0 Å². The van der Waals surface area contributed by atoms with Gasteiger partial charge in [0.15, 0.2) is 0 Å². The van der Waals surface area contributed by atoms with Crippen molar-refractivity contribution in [2.75, 3.05) is 26.2 Å². The zero-order valence-corrected chi connectivity index (χ0v) is 13.5. The van der Waals surface area contributed by atoms with E-state index in [1.165, 1.54) is 17.0 Å². The first-order chi connectivity index (χ1) is 12.0. The molecule has 10 heteroatoms. The van der Waals surface area contributed by atoms with E-state index < -0.39 is 48.9 Å². The molecule has 1 aliphatic rings. The normalized spacial score (nSPS) is 20.8. The zero-order chi connectivity index (χ0) is 19.5. The van der Waals surface area contributed by atoms with Crippen LogP contribution in [0.3, 0.4) is 0 Å². The Labute approximate surface area is 145 Å². The van der Waals surface area contributed by atoms with Gasteiger partial charge in [-0.05, 0) is 17.7 Å². The van der Waals surface area contributed by atoms with E-state index in [4.69, 9.17) is 9.84 Å². The van der Waals surface area contributed by atoms with Gasteiger partial charge in [0, 0.05) is 19.6 Å². The van der Waals surface area contributed by atoms with E-state index in [2.05, 4.69) is 0 Å². The second-order valence-corrected chi connectivity index (χ2v) is 6.08. The van der Waals surface area contributed by atoms with Crippen LogP contribution in [0.4, 0.5) is 26.3 Å². The van der Waals surface area contributed by atoms with Gasteiger partial charge in [-0.3, -0.25) is 9.69 Å². The van der Waals surface area contributed by atoms with Crippen LogP contribution in [0, 0.1) is 5.92 Å². The molecule has 0 aromatic heterocycles. The fourth-order valence-corrected chi connectivity index (χ4v) is 2.79. The average Bonchev–Trinajstić information content (AvgIpc) is 2.53. The Hall–Kier alpha value is -1.81. The van der Waals surface area contributed by atoms with Crippen molar-refractivity contribution in [3.05, 3.63) is 35.4 Å². The Bertz CT molecular complexity index is 631. The van der Waals surface area contributed by atoms with Crippen LogP contribution in [0.5, 0.6) is 0 Å². The van der Waals surface area contributed by atoms with E-state index in [1.807, 2.05) is 0 Å². The number of alkyl halides is 6. The summed E-state index contributed by atoms with van der Waals surface area (Å²) in [5.74, 6) is -3.62. The van der Waals surface area contributed by atoms with Gasteiger partial charge in [-0.25, -0.2) is 0 Å². The Balaban J connectivity index is 2.10. The number of hydrogen-bond acceptors (Lipinski definition) is 3. The summed E-state index contributed by atoms with van der Waals surface area (Å²) in [5, 5.41) is 8.66. The van der Waals surface area contributed by atoms with Gasteiger partial charge in [0.25, 0.3) is 0 Å². The second kappa shape index (κ2) is 7.83. The lowest BCUT2D eigenvalue weighted by Crippen LogP contribution is -2.44. The van der Waals surface area contributed by atoms with Gasteiger partial charge in [-0.2, -0.15) is 26.3 Å². The smallest absolute Gasteiger partial charge is 0.416 e. The van der Waals surface area contributed by atoms with Crippen LogP contribution in [0.25, 0.3) is 0 Å². The number of aliphatic carboxylic acids is 1. The highest BCUT2D eigenvalue weighted by Gasteiger charge is 2.42. The first kappa shape index (κ1) is 20.5. The van der Waals surface area contributed by atoms with Crippen LogP contribution in [-0.2, 0) is 15.7 Å². The number of halogens is 6. The van der Waals surface area contributed by atoms with Crippen LogP contribution < -0.4 is 0 Å². The van der Waals surface area contributed by atoms with Gasteiger partial charge in [0.05, 0.1) is 30.6 Å². The summed E-state index contributed by atoms with van der Waals surface area (Å²) in [6.45, 7) is -0.414. The molecule has 0 unspecified atom stereocenters. The third-order valence-electron chi connectivity index (χ3n) is 4.10. The molecule has 0 aliphatic carbocycles. The van der Waals surface area contributed by atoms with Crippen molar-refractivity contribution in [1.82, 2.24) is 4.90 Å². The highest BCUT2D eigenvalue weighted by molar-refractivity contribution is 5.67. The molecule has 1 saturated heterocycles. The predicted octanol–water partition coefficient (Wildman–Crippen LogP) is 3.73. The monoisotopic (exact) mass is 385 g/mol. The van der Waals surface area contributed by atoms with E-state index >= 15 is 0 Å². The number of morpholine rings is 1. The number of hydrogen-bond donors (Lipinski definition) is 1. The van der Waals surface area contributed by atoms with Crippen molar-refractivity contribution in [2.24, 2.45) is 5.92 Å². The molecule has 146 valence electrons. The van der Waals surface area contributed by atoms with Crippen LogP contribution in [-0.4, -0.2) is 48.4 Å². The molecule has 1 heterocycles. The Morgan fingerprint density at radius 1 is 1.27 bits per heavy atom. The SMILES string of the molecule is O=C(O)C[C@@H](CN1CCO[C@H](c2cccc(C(F)(F)F)c2)C1)C(F)(F)F. The number of carboxylic acid groups (broad SMARTS) is 1. The fraction of sp³-hybridized carbons (Fsp3) is 0.562. The first-order valence-electron chi connectivity index (χ1n) is 7.76. The quantitative estimate of drug-likeness (QED) is 0.785. The number of benzene rings is 1. The lowest BCUT2D eigenvalue weighted by atomic mass is 10.0. The Morgan fingerprint density at radius 2 is 1.96 bits per heavy atom. The molecule has 2 rings (SSSR count). The molecule has 0 bridgehead atoms. The van der Waals surface area contributed by atoms with Gasteiger partial charge < -0.3 is 9.84 Å². The molecule has 1 aromatic carbocycles. The third-order valence-corrected chi connectivity index (χ3v) is 4.10. The van der Waals surface area contributed by atoms with Gasteiger partial charge in [-0.1, -0.05) is 12.1 Å². The lowest BCUT2D eigenvalue weighted by Gasteiger charge is -2.35. The fourth-order valence-electron chi connectivity index (χ4n) is 2.79. The molecule has 1 aliphatic heterocycles. The standard InChI is InChI=1S/C16H17F6NO3/c17-15(18,19)11-3-1-2-10(6-11)13-9-23(4-5-26-13)8-12(7-14(24)25)16(20,21)22/h1-3,6,12-13H,4-5,7-9H2,(H,24,25)/t12-,13-/m0/s1. The summed E-state index contributed by atoms with van der Waals surface area (Å²) < 4.78 is 82.8. The molecule has 0 spiro atoms. The van der Waals surface area contributed by atoms with E-state index in [1.54, 1.807) is 0 Å². The molecule has 1 fully saturated rings. The minimum atomic E-state index is -4.68. The summed E-state index contributed by atoms with van der Waals surface area (Å²) in [5.41, 5.74) is -0.652. The maximum Gasteiger partial charge on any atom is 0.416 e. The number of ether oxygens (including phenoxy) is 1. The molecule has 2 atom stereocenters. The van der Waals surface area contributed by atoms with E-state index in [0.29, 0.717) is 0 Å². The summed E-state index contributed by atoms with van der Waals surface area (Å²) >= 11 is 0. The molecule has 0 amide bonds. The number of carbonyl (C=O) groups is 1. The lowest BCUT2D eigenvalue weighted by molar-refractivity contribution is -0.189. The number of nitrogens with zero attached hydrogens (tertiary/aromatic N) is 1. The van der Waals surface area contributed by atoms with Crippen molar-refractivity contribution >= 4 is 5.97 Å². The van der Waals surface area contributed by atoms with Crippen molar-refractivity contribution < 1.29 is 41.0 Å². The second-order valence-electron chi connectivity index (χ2n) is 6.08. The average molecular weight is 385 g/mol. The van der Waals surface area contributed by atoms with E-state index in [9.17, 15) is 31.1 Å². The van der Waals surface area contributed by atoms with Crippen molar-refractivity contribution in [2.45, 2.75) is 24.9 Å². The summed E-state index contributed by atoms with van der Waals surface area (Å²) in [4.78, 5) is 12.0. The minimum absolute atomic E-state index is 0.0402. The van der Waals surface area contributed by atoms with Crippen LogP contribution in [0.2, 0.25) is 0 Å². The molecular weight excluding hydrogens is 368 g/mol. The van der Waals surface area contributed by atoms with Gasteiger partial charge in [-0.15, -0.1) is 0 Å². The van der Waals surface area contributed by atoms with Gasteiger partial charge in [0.2, 0.25) is 0 Å². The van der Waals surface area contributed by atoms with Crippen molar-refractivity contribution in [1.29, 1.82) is 0 Å². The first-order valence-corrected chi connectivity index (χ1v) is 7.76. The summed E-state index contributed by atoms with van der Waals surface area (Å²) in [6, 6.07) is 4.44. The molecule has 0 saturated carbocycles. The van der Waals surface area contributed by atoms with Crippen LogP contribution >= 0.6 is 0 Å². The summed E-state index contributed by atoms with van der Waals surface area (Å²) in [6.07, 6.45) is -11.1.